The summed E-state index contributed by atoms with van der Waals surface area (Å²) in [5.41, 5.74) is 5.56. The van der Waals surface area contributed by atoms with E-state index in [2.05, 4.69) is 26.3 Å². The lowest BCUT2D eigenvalue weighted by molar-refractivity contribution is 0.0571. The number of nitrogens with one attached hydrogen (secondary N) is 1. The Balaban J connectivity index is 1.84. The van der Waals surface area contributed by atoms with Crippen LogP contribution in [0.3, 0.4) is 0 Å². The normalized spacial score (nSPS) is 14.1. The summed E-state index contributed by atoms with van der Waals surface area (Å²) >= 11 is 3.47. The predicted molar refractivity (Wildman–Crippen MR) is 122 cm³/mol. The average Bonchev–Trinajstić information content (AvgIpc) is 3.06. The van der Waals surface area contributed by atoms with Crippen LogP contribution in [-0.4, -0.2) is 27.6 Å². The van der Waals surface area contributed by atoms with Crippen molar-refractivity contribution < 1.29 is 14.3 Å². The SMILES string of the molecule is CC(c1ccccc1)c1nc2cc3c(cc2nc1=C=O)N(C(=O)OC(C)(C)C)NC=3Br. The fourth-order valence-electron chi connectivity index (χ4n) is 3.41. The molecule has 0 fully saturated rings. The van der Waals surface area contributed by atoms with Crippen LogP contribution in [0.15, 0.2) is 42.5 Å². The summed E-state index contributed by atoms with van der Waals surface area (Å²) in [5.74, 6) is 1.79. The van der Waals surface area contributed by atoms with E-state index in [4.69, 9.17) is 9.72 Å². The minimum absolute atomic E-state index is 0.133. The van der Waals surface area contributed by atoms with Crippen molar-refractivity contribution in [1.82, 2.24) is 15.4 Å². The summed E-state index contributed by atoms with van der Waals surface area (Å²) in [7, 11) is 0. The van der Waals surface area contributed by atoms with Gasteiger partial charge in [-0.25, -0.2) is 19.6 Å². The van der Waals surface area contributed by atoms with Crippen molar-refractivity contribution in [3.63, 3.8) is 0 Å². The minimum atomic E-state index is -0.646. The van der Waals surface area contributed by atoms with Crippen molar-refractivity contribution in [3.05, 3.63) is 64.3 Å². The highest BCUT2D eigenvalue weighted by Gasteiger charge is 2.29. The number of hydrazine groups is 1. The first-order valence-corrected chi connectivity index (χ1v) is 10.6. The number of fused-ring (bicyclic) bond motifs is 2. The quantitative estimate of drug-likeness (QED) is 0.567. The zero-order chi connectivity index (χ0) is 22.3. The van der Waals surface area contributed by atoms with Crippen LogP contribution in [0.5, 0.6) is 0 Å². The van der Waals surface area contributed by atoms with E-state index in [9.17, 15) is 9.59 Å². The number of rotatable bonds is 2. The highest BCUT2D eigenvalue weighted by molar-refractivity contribution is 9.14. The Morgan fingerprint density at radius 3 is 2.48 bits per heavy atom. The third-order valence-electron chi connectivity index (χ3n) is 4.88. The van der Waals surface area contributed by atoms with Crippen molar-refractivity contribution in [1.29, 1.82) is 0 Å². The van der Waals surface area contributed by atoms with Crippen molar-refractivity contribution >= 4 is 49.3 Å². The zero-order valence-corrected chi connectivity index (χ0v) is 19.1. The van der Waals surface area contributed by atoms with E-state index in [0.717, 1.165) is 10.8 Å². The topological polar surface area (TPSA) is 84.4 Å². The number of benzene rings is 2. The Hall–Kier alpha value is -3.22. The molecule has 158 valence electrons. The van der Waals surface area contributed by atoms with E-state index in [1.807, 2.05) is 49.3 Å². The fourth-order valence-corrected chi connectivity index (χ4v) is 3.91. The van der Waals surface area contributed by atoms with Crippen LogP contribution in [-0.2, 0) is 9.53 Å². The Morgan fingerprint density at radius 1 is 1.16 bits per heavy atom. The van der Waals surface area contributed by atoms with Gasteiger partial charge in [0.15, 0.2) is 11.3 Å². The van der Waals surface area contributed by atoms with Crippen LogP contribution in [0.1, 0.15) is 44.9 Å². The van der Waals surface area contributed by atoms with Gasteiger partial charge in [0.25, 0.3) is 0 Å². The molecule has 1 N–H and O–H groups in total. The molecular formula is C23H21BrN4O3. The maximum atomic E-state index is 12.6. The Bertz CT molecular complexity index is 1330. The molecule has 8 heteroatoms. The van der Waals surface area contributed by atoms with Crippen molar-refractivity contribution in [2.45, 2.75) is 39.2 Å². The van der Waals surface area contributed by atoms with Gasteiger partial charge in [-0.2, -0.15) is 5.01 Å². The molecule has 1 amide bonds. The molecule has 3 aromatic rings. The second kappa shape index (κ2) is 7.80. The first-order valence-electron chi connectivity index (χ1n) is 9.79. The molecule has 0 bridgehead atoms. The van der Waals surface area contributed by atoms with Gasteiger partial charge < -0.3 is 4.74 Å². The number of aromatic nitrogens is 2. The van der Waals surface area contributed by atoms with E-state index in [-0.39, 0.29) is 11.3 Å². The number of hydrogen-bond acceptors (Lipinski definition) is 6. The molecule has 31 heavy (non-hydrogen) atoms. The molecule has 2 aromatic carbocycles. The molecule has 1 aliphatic heterocycles. The van der Waals surface area contributed by atoms with Gasteiger partial charge in [-0.1, -0.05) is 37.3 Å². The number of nitrogens with zero attached hydrogens (tertiary/aromatic N) is 3. The van der Waals surface area contributed by atoms with Crippen LogP contribution in [0.4, 0.5) is 10.5 Å². The number of anilines is 1. The van der Waals surface area contributed by atoms with E-state index in [1.54, 1.807) is 26.8 Å². The Morgan fingerprint density at radius 2 is 1.84 bits per heavy atom. The number of halogens is 1. The number of carbonyl (C=O) groups excluding carboxylic acids is 2. The second-order valence-electron chi connectivity index (χ2n) is 8.29. The van der Waals surface area contributed by atoms with E-state index < -0.39 is 11.7 Å². The molecule has 4 rings (SSSR count). The average molecular weight is 481 g/mol. The maximum Gasteiger partial charge on any atom is 0.434 e. The van der Waals surface area contributed by atoms with E-state index in [1.165, 1.54) is 5.01 Å². The van der Waals surface area contributed by atoms with Crippen LogP contribution in [0, 0.1) is 0 Å². The number of hydrogen-bond donors (Lipinski definition) is 1. The van der Waals surface area contributed by atoms with Crippen LogP contribution < -0.4 is 21.0 Å². The van der Waals surface area contributed by atoms with Crippen LogP contribution in [0.2, 0.25) is 0 Å². The van der Waals surface area contributed by atoms with Gasteiger partial charge in [-0.3, -0.25) is 5.43 Å². The van der Waals surface area contributed by atoms with Gasteiger partial charge in [0.05, 0.1) is 22.4 Å². The van der Waals surface area contributed by atoms with Gasteiger partial charge in [-0.15, -0.1) is 0 Å². The molecule has 1 aliphatic rings. The molecule has 0 spiro atoms. The standard InChI is InChI=1S/C23H21BrN4O3/c1-13(14-8-6-5-7-9-14)20-18(12-29)25-17-11-19-15(10-16(17)26-20)21(24)27-28(19)22(30)31-23(2,3)4/h5-11,13,27H,1-4H3. The Labute approximate surface area is 187 Å². The maximum absolute atomic E-state index is 12.6. The number of ether oxygens (including phenoxy) is 1. The fraction of sp³-hybridized carbons (Fsp3) is 0.261. The molecule has 7 nitrogen and oxygen atoms in total. The molecule has 0 radical (unpaired) electrons. The Kier molecular flexibility index (Phi) is 5.29. The van der Waals surface area contributed by atoms with Crippen molar-refractivity contribution in [3.8, 4) is 0 Å². The smallest absolute Gasteiger partial charge is 0.434 e. The summed E-state index contributed by atoms with van der Waals surface area (Å²) in [6.45, 7) is 7.38. The molecule has 1 aromatic heterocycles. The monoisotopic (exact) mass is 480 g/mol. The molecule has 0 saturated heterocycles. The van der Waals surface area contributed by atoms with Crippen LogP contribution in [0.25, 0.3) is 15.6 Å². The highest BCUT2D eigenvalue weighted by Crippen LogP contribution is 2.25. The summed E-state index contributed by atoms with van der Waals surface area (Å²) in [6.07, 6.45) is -0.549. The first kappa shape index (κ1) is 21.0. The van der Waals surface area contributed by atoms with Crippen LogP contribution >= 0.6 is 15.9 Å². The molecule has 0 aliphatic carbocycles. The van der Waals surface area contributed by atoms with Gasteiger partial charge in [-0.05, 0) is 54.4 Å². The lowest BCUT2D eigenvalue weighted by Gasteiger charge is -2.25. The first-order chi connectivity index (χ1) is 14.7. The molecule has 2 heterocycles. The largest absolute Gasteiger partial charge is 0.442 e. The van der Waals surface area contributed by atoms with Crippen molar-refractivity contribution in [2.75, 3.05) is 5.01 Å². The summed E-state index contributed by atoms with van der Waals surface area (Å²) in [6, 6.07) is 13.3. The third kappa shape index (κ3) is 4.04. The zero-order valence-electron chi connectivity index (χ0n) is 17.6. The van der Waals surface area contributed by atoms with Gasteiger partial charge in [0.2, 0.25) is 0 Å². The van der Waals surface area contributed by atoms with Gasteiger partial charge >= 0.3 is 6.09 Å². The summed E-state index contributed by atoms with van der Waals surface area (Å²) in [5, 5.41) is 2.20. The molecule has 0 saturated carbocycles. The van der Waals surface area contributed by atoms with E-state index in [0.29, 0.717) is 27.0 Å². The second-order valence-corrected chi connectivity index (χ2v) is 9.08. The highest BCUT2D eigenvalue weighted by atomic mass is 79.9. The molecule has 1 atom stereocenters. The molecule has 1 unspecified atom stereocenters. The third-order valence-corrected chi connectivity index (χ3v) is 5.48. The lowest BCUT2D eigenvalue weighted by atomic mass is 9.97. The van der Waals surface area contributed by atoms with Gasteiger partial charge in [0.1, 0.15) is 10.2 Å². The number of carbonyl (C=O) groups is 1. The molecular weight excluding hydrogens is 460 g/mol. The summed E-state index contributed by atoms with van der Waals surface area (Å²) < 4.78 is 6.09. The summed E-state index contributed by atoms with van der Waals surface area (Å²) in [4.78, 5) is 33.6. The number of amides is 1. The predicted octanol–water partition coefficient (Wildman–Crippen LogP) is 3.01. The van der Waals surface area contributed by atoms with Gasteiger partial charge in [0, 0.05) is 11.1 Å². The lowest BCUT2D eigenvalue weighted by Crippen LogP contribution is -2.42. The van der Waals surface area contributed by atoms with E-state index >= 15 is 0 Å². The minimum Gasteiger partial charge on any atom is -0.442 e. The van der Waals surface area contributed by atoms with Crippen molar-refractivity contribution in [2.24, 2.45) is 0 Å².